The van der Waals surface area contributed by atoms with Crippen molar-refractivity contribution in [3.05, 3.63) is 57.6 Å². The van der Waals surface area contributed by atoms with E-state index in [1.807, 2.05) is 6.07 Å². The summed E-state index contributed by atoms with van der Waals surface area (Å²) in [6, 6.07) is 9.30. The van der Waals surface area contributed by atoms with Crippen molar-refractivity contribution in [3.63, 3.8) is 0 Å². The minimum atomic E-state index is -4.19. The van der Waals surface area contributed by atoms with Gasteiger partial charge >= 0.3 is 5.97 Å². The van der Waals surface area contributed by atoms with Crippen molar-refractivity contribution >= 4 is 75.5 Å². The first-order valence-electron chi connectivity index (χ1n) is 12.0. The number of hydrogen-bond donors (Lipinski definition) is 3. The van der Waals surface area contributed by atoms with Gasteiger partial charge in [-0.2, -0.15) is 0 Å². The van der Waals surface area contributed by atoms with E-state index in [9.17, 15) is 13.2 Å². The van der Waals surface area contributed by atoms with Gasteiger partial charge < -0.3 is 20.5 Å². The zero-order chi connectivity index (χ0) is 27.2. The van der Waals surface area contributed by atoms with Gasteiger partial charge in [0.25, 0.3) is 0 Å². The van der Waals surface area contributed by atoms with Crippen LogP contribution in [-0.4, -0.2) is 57.8 Å². The minimum Gasteiger partial charge on any atom is -0.487 e. The number of benzene rings is 2. The van der Waals surface area contributed by atoms with Crippen LogP contribution in [0.1, 0.15) is 37.8 Å². The first kappa shape index (κ1) is 35.1. The summed E-state index contributed by atoms with van der Waals surface area (Å²) in [6.45, 7) is 5.01. The van der Waals surface area contributed by atoms with Crippen molar-refractivity contribution in [1.82, 2.24) is 5.32 Å². The summed E-state index contributed by atoms with van der Waals surface area (Å²) in [5.74, 6) is -1.50. The van der Waals surface area contributed by atoms with Gasteiger partial charge in [-0.25, -0.2) is 8.42 Å². The van der Waals surface area contributed by atoms with Crippen LogP contribution in [0.2, 0.25) is 10.0 Å². The number of nitrogens with two attached hydrogens (primary N) is 1. The van der Waals surface area contributed by atoms with E-state index in [4.69, 9.17) is 43.8 Å². The fraction of sp³-hybridized carbons (Fsp3) is 0.440. The van der Waals surface area contributed by atoms with Gasteiger partial charge in [-0.05, 0) is 70.0 Å². The molecule has 1 fully saturated rings. The highest BCUT2D eigenvalue weighted by Crippen LogP contribution is 2.40. The molecule has 0 radical (unpaired) electrons. The Morgan fingerprint density at radius 3 is 2.36 bits per heavy atom. The molecule has 0 spiro atoms. The summed E-state index contributed by atoms with van der Waals surface area (Å²) in [7, 11) is -4.19. The molecule has 1 aliphatic heterocycles. The van der Waals surface area contributed by atoms with Crippen molar-refractivity contribution < 1.29 is 22.7 Å². The molecule has 3 rings (SSSR count). The minimum absolute atomic E-state index is 0. The van der Waals surface area contributed by atoms with Gasteiger partial charge in [0.2, 0.25) is 10.0 Å². The van der Waals surface area contributed by atoms with Crippen LogP contribution in [-0.2, 0) is 26.0 Å². The van der Waals surface area contributed by atoms with Crippen molar-refractivity contribution in [2.24, 2.45) is 5.73 Å². The molecule has 39 heavy (non-hydrogen) atoms. The Bertz CT molecular complexity index is 1220. The number of carbonyl (C=O) groups excluding carboxylic acids is 1. The SMILES string of the molecule is CCOC(=O)CS(=O)(=O)N(c1cc(Cl)c(OC2CCNCC2)c(Cl)c1)C(C)Cc1cccc(C(=N)N)c1.Cl.Cl. The number of nitrogen functional groups attached to an aromatic ring is 1. The van der Waals surface area contributed by atoms with E-state index in [1.54, 1.807) is 32.0 Å². The van der Waals surface area contributed by atoms with E-state index >= 15 is 0 Å². The normalized spacial score (nSPS) is 14.4. The lowest BCUT2D eigenvalue weighted by Crippen LogP contribution is -2.43. The molecule has 0 amide bonds. The highest BCUT2D eigenvalue weighted by atomic mass is 35.5. The van der Waals surface area contributed by atoms with E-state index in [0.29, 0.717) is 11.3 Å². The molecule has 0 aliphatic carbocycles. The summed E-state index contributed by atoms with van der Waals surface area (Å²) < 4.78 is 39.1. The van der Waals surface area contributed by atoms with E-state index in [-0.39, 0.29) is 65.5 Å². The molecule has 2 aromatic rings. The number of ether oxygens (including phenoxy) is 2. The lowest BCUT2D eigenvalue weighted by atomic mass is 10.0. The third-order valence-corrected chi connectivity index (χ3v) is 8.22. The van der Waals surface area contributed by atoms with E-state index < -0.39 is 27.8 Å². The molecular weight excluding hydrogens is 610 g/mol. The Morgan fingerprint density at radius 2 is 1.79 bits per heavy atom. The van der Waals surface area contributed by atoms with Crippen molar-refractivity contribution in [2.75, 3.05) is 29.8 Å². The van der Waals surface area contributed by atoms with E-state index in [1.165, 1.54) is 12.1 Å². The molecule has 0 aromatic heterocycles. The van der Waals surface area contributed by atoms with Crippen LogP contribution < -0.4 is 20.1 Å². The Balaban J connectivity index is 0.00000380. The predicted octanol–water partition coefficient (Wildman–Crippen LogP) is 4.58. The summed E-state index contributed by atoms with van der Waals surface area (Å²) in [5, 5.41) is 11.3. The van der Waals surface area contributed by atoms with Gasteiger partial charge in [-0.3, -0.25) is 14.5 Å². The number of nitrogens with one attached hydrogen (secondary N) is 2. The van der Waals surface area contributed by atoms with Crippen molar-refractivity contribution in [2.45, 2.75) is 45.3 Å². The van der Waals surface area contributed by atoms with Gasteiger partial charge in [0.15, 0.2) is 11.5 Å². The molecule has 1 heterocycles. The highest BCUT2D eigenvalue weighted by molar-refractivity contribution is 7.93. The summed E-state index contributed by atoms with van der Waals surface area (Å²) in [4.78, 5) is 12.2. The van der Waals surface area contributed by atoms with Crippen LogP contribution in [0.3, 0.4) is 0 Å². The highest BCUT2D eigenvalue weighted by Gasteiger charge is 2.32. The molecule has 1 atom stereocenters. The van der Waals surface area contributed by atoms with E-state index in [0.717, 1.165) is 35.8 Å². The molecule has 9 nitrogen and oxygen atoms in total. The van der Waals surface area contributed by atoms with E-state index in [2.05, 4.69) is 5.32 Å². The lowest BCUT2D eigenvalue weighted by molar-refractivity contribution is -0.139. The molecule has 14 heteroatoms. The average molecular weight is 644 g/mol. The van der Waals surface area contributed by atoms with Crippen LogP contribution >= 0.6 is 48.0 Å². The summed E-state index contributed by atoms with van der Waals surface area (Å²) in [6.07, 6.45) is 1.81. The molecule has 0 saturated carbocycles. The van der Waals surface area contributed by atoms with Gasteiger partial charge in [-0.1, -0.05) is 41.4 Å². The van der Waals surface area contributed by atoms with Crippen molar-refractivity contribution in [1.29, 1.82) is 5.41 Å². The second-order valence-corrected chi connectivity index (χ2v) is 11.5. The molecule has 218 valence electrons. The van der Waals surface area contributed by atoms with Crippen LogP contribution in [0.4, 0.5) is 5.69 Å². The zero-order valence-electron chi connectivity index (χ0n) is 21.6. The maximum absolute atomic E-state index is 13.5. The standard InChI is InChI=1S/C25H32Cl2N4O5S.2ClH/c1-3-35-23(32)15-37(33,34)31(16(2)11-17-5-4-6-18(12-17)25(28)29)19-13-21(26)24(22(27)14-19)36-20-7-9-30-10-8-20;;/h4-6,12-14,16,20,30H,3,7-11,15H2,1-2H3,(H3,28,29);2*1H. The first-order valence-corrected chi connectivity index (χ1v) is 14.4. The number of anilines is 1. The number of esters is 1. The molecule has 0 bridgehead atoms. The maximum Gasteiger partial charge on any atom is 0.323 e. The molecule has 1 saturated heterocycles. The molecular formula is C25H34Cl4N4O5S. The molecule has 1 unspecified atom stereocenters. The lowest BCUT2D eigenvalue weighted by Gasteiger charge is -2.31. The second-order valence-electron chi connectivity index (χ2n) is 8.83. The number of sulfonamides is 1. The molecule has 1 aliphatic rings. The van der Waals surface area contributed by atoms with Crippen LogP contribution in [0.15, 0.2) is 36.4 Å². The predicted molar refractivity (Wildman–Crippen MR) is 161 cm³/mol. The van der Waals surface area contributed by atoms with Crippen LogP contribution in [0.25, 0.3) is 0 Å². The number of hydrogen-bond acceptors (Lipinski definition) is 7. The Hall–Kier alpha value is -1.95. The topological polar surface area (TPSA) is 135 Å². The molecule has 4 N–H and O–H groups in total. The number of amidine groups is 1. The van der Waals surface area contributed by atoms with Gasteiger partial charge in [0.05, 0.1) is 22.3 Å². The number of halogens is 4. The number of piperidine rings is 1. The quantitative estimate of drug-likeness (QED) is 0.185. The van der Waals surface area contributed by atoms with Gasteiger partial charge in [-0.15, -0.1) is 24.8 Å². The van der Waals surface area contributed by atoms with Gasteiger partial charge in [0.1, 0.15) is 11.9 Å². The molecule has 2 aromatic carbocycles. The summed E-state index contributed by atoms with van der Waals surface area (Å²) >= 11 is 13.1. The van der Waals surface area contributed by atoms with Crippen molar-refractivity contribution in [3.8, 4) is 5.75 Å². The average Bonchev–Trinajstić information content (AvgIpc) is 2.82. The Morgan fingerprint density at radius 1 is 1.18 bits per heavy atom. The third-order valence-electron chi connectivity index (χ3n) is 5.88. The maximum atomic E-state index is 13.5. The summed E-state index contributed by atoms with van der Waals surface area (Å²) in [5.41, 5.74) is 7.10. The monoisotopic (exact) mass is 642 g/mol. The zero-order valence-corrected chi connectivity index (χ0v) is 25.6. The van der Waals surface area contributed by atoms with Crippen LogP contribution in [0.5, 0.6) is 5.75 Å². The number of nitrogens with zero attached hydrogens (tertiary/aromatic N) is 1. The third kappa shape index (κ3) is 9.58. The fourth-order valence-electron chi connectivity index (χ4n) is 4.27. The fourth-order valence-corrected chi connectivity index (χ4v) is 6.40. The Labute approximate surface area is 252 Å². The Kier molecular flexibility index (Phi) is 14.2. The number of carbonyl (C=O) groups is 1. The van der Waals surface area contributed by atoms with Crippen LogP contribution in [0, 0.1) is 5.41 Å². The first-order chi connectivity index (χ1) is 17.5. The smallest absolute Gasteiger partial charge is 0.323 e. The largest absolute Gasteiger partial charge is 0.487 e. The second kappa shape index (κ2) is 15.7. The number of rotatable bonds is 11. The van der Waals surface area contributed by atoms with Gasteiger partial charge in [0, 0.05) is 11.6 Å².